The number of hydrogen-bond donors (Lipinski definition) is 2. The van der Waals surface area contributed by atoms with Crippen molar-refractivity contribution in [1.82, 2.24) is 4.90 Å². The Balaban J connectivity index is 2.91. The number of aromatic hydroxyl groups is 1. The molecule has 3 nitrogen and oxygen atoms in total. The summed E-state index contributed by atoms with van der Waals surface area (Å²) in [5.41, 5.74) is 7.64. The van der Waals surface area contributed by atoms with Crippen molar-refractivity contribution >= 4 is 0 Å². The molecule has 0 saturated carbocycles. The van der Waals surface area contributed by atoms with Crippen LogP contribution in [0.1, 0.15) is 25.0 Å². The zero-order valence-electron chi connectivity index (χ0n) is 9.53. The van der Waals surface area contributed by atoms with Crippen LogP contribution >= 0.6 is 0 Å². The third-order valence-corrected chi connectivity index (χ3v) is 2.74. The zero-order valence-corrected chi connectivity index (χ0v) is 9.53. The Morgan fingerprint density at radius 2 is 1.93 bits per heavy atom. The molecule has 1 aromatic carbocycles. The van der Waals surface area contributed by atoms with Crippen LogP contribution in [0.3, 0.4) is 0 Å². The number of phenolic OH excluding ortho intramolecular Hbond substituents is 1. The second-order valence-electron chi connectivity index (χ2n) is 3.58. The maximum absolute atomic E-state index is 9.78. The van der Waals surface area contributed by atoms with Gasteiger partial charge >= 0.3 is 0 Å². The highest BCUT2D eigenvalue weighted by Gasteiger charge is 2.09. The number of benzene rings is 1. The summed E-state index contributed by atoms with van der Waals surface area (Å²) in [4.78, 5) is 2.26. The van der Waals surface area contributed by atoms with Gasteiger partial charge in [-0.15, -0.1) is 0 Å². The second-order valence-corrected chi connectivity index (χ2v) is 3.58. The summed E-state index contributed by atoms with van der Waals surface area (Å²) in [6.45, 7) is 7.44. The summed E-state index contributed by atoms with van der Waals surface area (Å²) in [5, 5.41) is 9.78. The first kappa shape index (κ1) is 12.0. The van der Waals surface area contributed by atoms with Crippen molar-refractivity contribution < 1.29 is 5.11 Å². The highest BCUT2D eigenvalue weighted by Crippen LogP contribution is 2.22. The molecule has 0 saturated heterocycles. The van der Waals surface area contributed by atoms with Crippen LogP contribution in [-0.4, -0.2) is 23.1 Å². The quantitative estimate of drug-likeness (QED) is 0.774. The minimum absolute atomic E-state index is 0.352. The van der Waals surface area contributed by atoms with E-state index in [1.807, 2.05) is 12.1 Å². The lowest BCUT2D eigenvalue weighted by molar-refractivity contribution is 0.290. The first-order chi connectivity index (χ1) is 7.22. The average Bonchev–Trinajstić information content (AvgIpc) is 2.27. The molecule has 0 unspecified atom stereocenters. The highest BCUT2D eigenvalue weighted by molar-refractivity contribution is 5.39. The molecule has 3 heteroatoms. The maximum Gasteiger partial charge on any atom is 0.120 e. The second kappa shape index (κ2) is 5.73. The first-order valence-electron chi connectivity index (χ1n) is 5.45. The zero-order chi connectivity index (χ0) is 11.3. The van der Waals surface area contributed by atoms with Gasteiger partial charge in [-0.2, -0.15) is 0 Å². The fraction of sp³-hybridized carbons (Fsp3) is 0.500. The third-order valence-electron chi connectivity index (χ3n) is 2.74. The molecule has 84 valence electrons. The molecule has 15 heavy (non-hydrogen) atoms. The van der Waals surface area contributed by atoms with E-state index in [9.17, 15) is 5.11 Å². The average molecular weight is 208 g/mol. The van der Waals surface area contributed by atoms with Gasteiger partial charge in [-0.25, -0.2) is 0 Å². The van der Waals surface area contributed by atoms with Gasteiger partial charge in [0.1, 0.15) is 5.75 Å². The molecule has 1 aromatic rings. The Bertz CT molecular complexity index is 308. The SMILES string of the molecule is CCN(CC)Cc1c(O)cccc1CN. The van der Waals surface area contributed by atoms with Crippen LogP contribution in [0.2, 0.25) is 0 Å². The van der Waals surface area contributed by atoms with Gasteiger partial charge in [-0.3, -0.25) is 4.90 Å². The molecule has 3 N–H and O–H groups in total. The van der Waals surface area contributed by atoms with Crippen LogP contribution in [0.5, 0.6) is 5.75 Å². The fourth-order valence-corrected chi connectivity index (χ4v) is 1.67. The Morgan fingerprint density at radius 1 is 1.27 bits per heavy atom. The summed E-state index contributed by atoms with van der Waals surface area (Å²) >= 11 is 0. The Labute approximate surface area is 91.5 Å². The monoisotopic (exact) mass is 208 g/mol. The molecule has 0 aliphatic carbocycles. The predicted molar refractivity (Wildman–Crippen MR) is 62.6 cm³/mol. The van der Waals surface area contributed by atoms with E-state index in [1.54, 1.807) is 6.07 Å². The van der Waals surface area contributed by atoms with Gasteiger partial charge in [-0.1, -0.05) is 26.0 Å². The van der Waals surface area contributed by atoms with E-state index in [-0.39, 0.29) is 0 Å². The molecular formula is C12H20N2O. The molecule has 0 aliphatic rings. The lowest BCUT2D eigenvalue weighted by Gasteiger charge is -2.20. The normalized spacial score (nSPS) is 10.9. The van der Waals surface area contributed by atoms with Gasteiger partial charge in [0, 0.05) is 18.7 Å². The summed E-state index contributed by atoms with van der Waals surface area (Å²) < 4.78 is 0. The van der Waals surface area contributed by atoms with Crippen LogP contribution < -0.4 is 5.73 Å². The molecule has 0 heterocycles. The Morgan fingerprint density at radius 3 is 2.47 bits per heavy atom. The maximum atomic E-state index is 9.78. The lowest BCUT2D eigenvalue weighted by Crippen LogP contribution is -2.23. The number of nitrogens with two attached hydrogens (primary N) is 1. The summed E-state index contributed by atoms with van der Waals surface area (Å²) in [5.74, 6) is 0.352. The largest absolute Gasteiger partial charge is 0.508 e. The molecule has 0 fully saturated rings. The molecular weight excluding hydrogens is 188 g/mol. The van der Waals surface area contributed by atoms with Crippen LogP contribution in [0.4, 0.5) is 0 Å². The van der Waals surface area contributed by atoms with Crippen molar-refractivity contribution in [3.8, 4) is 5.75 Å². The Hall–Kier alpha value is -1.06. The van der Waals surface area contributed by atoms with Crippen molar-refractivity contribution in [3.63, 3.8) is 0 Å². The van der Waals surface area contributed by atoms with Gasteiger partial charge < -0.3 is 10.8 Å². The summed E-state index contributed by atoms with van der Waals surface area (Å²) in [6.07, 6.45) is 0. The molecule has 0 aliphatic heterocycles. The van der Waals surface area contributed by atoms with E-state index in [4.69, 9.17) is 5.73 Å². The van der Waals surface area contributed by atoms with Gasteiger partial charge in [0.05, 0.1) is 0 Å². The van der Waals surface area contributed by atoms with Gasteiger partial charge in [0.2, 0.25) is 0 Å². The van der Waals surface area contributed by atoms with Crippen LogP contribution in [-0.2, 0) is 13.1 Å². The standard InChI is InChI=1S/C12H20N2O/c1-3-14(4-2)9-11-10(8-13)6-5-7-12(11)15/h5-7,15H,3-4,8-9,13H2,1-2H3. The number of phenols is 1. The molecule has 0 radical (unpaired) electrons. The topological polar surface area (TPSA) is 49.5 Å². The summed E-state index contributed by atoms with van der Waals surface area (Å²) in [7, 11) is 0. The smallest absolute Gasteiger partial charge is 0.120 e. The minimum atomic E-state index is 0.352. The van der Waals surface area contributed by atoms with Crippen molar-refractivity contribution in [2.75, 3.05) is 13.1 Å². The fourth-order valence-electron chi connectivity index (χ4n) is 1.67. The van der Waals surface area contributed by atoms with E-state index < -0.39 is 0 Å². The van der Waals surface area contributed by atoms with Crippen LogP contribution in [0.15, 0.2) is 18.2 Å². The molecule has 0 bridgehead atoms. The van der Waals surface area contributed by atoms with Crippen molar-refractivity contribution in [1.29, 1.82) is 0 Å². The number of rotatable bonds is 5. The highest BCUT2D eigenvalue weighted by atomic mass is 16.3. The number of nitrogens with zero attached hydrogens (tertiary/aromatic N) is 1. The molecule has 0 spiro atoms. The third kappa shape index (κ3) is 2.94. The van der Waals surface area contributed by atoms with Crippen LogP contribution in [0, 0.1) is 0 Å². The molecule has 1 rings (SSSR count). The van der Waals surface area contributed by atoms with Crippen molar-refractivity contribution in [2.24, 2.45) is 5.73 Å². The van der Waals surface area contributed by atoms with Gasteiger partial charge in [0.25, 0.3) is 0 Å². The van der Waals surface area contributed by atoms with E-state index in [0.717, 1.165) is 30.8 Å². The van der Waals surface area contributed by atoms with E-state index in [2.05, 4.69) is 18.7 Å². The molecule has 0 aromatic heterocycles. The lowest BCUT2D eigenvalue weighted by atomic mass is 10.1. The van der Waals surface area contributed by atoms with Crippen LogP contribution in [0.25, 0.3) is 0 Å². The van der Waals surface area contributed by atoms with Gasteiger partial charge in [0.15, 0.2) is 0 Å². The molecule has 0 atom stereocenters. The molecule has 0 amide bonds. The van der Waals surface area contributed by atoms with Crippen molar-refractivity contribution in [3.05, 3.63) is 29.3 Å². The summed E-state index contributed by atoms with van der Waals surface area (Å²) in [6, 6.07) is 5.53. The van der Waals surface area contributed by atoms with E-state index in [0.29, 0.717) is 12.3 Å². The number of hydrogen-bond acceptors (Lipinski definition) is 3. The Kier molecular flexibility index (Phi) is 4.59. The van der Waals surface area contributed by atoms with Gasteiger partial charge in [-0.05, 0) is 24.7 Å². The van der Waals surface area contributed by atoms with E-state index >= 15 is 0 Å². The minimum Gasteiger partial charge on any atom is -0.508 e. The predicted octanol–water partition coefficient (Wildman–Crippen LogP) is 1.69. The van der Waals surface area contributed by atoms with E-state index in [1.165, 1.54) is 0 Å². The first-order valence-corrected chi connectivity index (χ1v) is 5.45. The van der Waals surface area contributed by atoms with Crippen molar-refractivity contribution in [2.45, 2.75) is 26.9 Å².